The van der Waals surface area contributed by atoms with E-state index in [1.54, 1.807) is 0 Å². The molecule has 2 aliphatic heterocycles. The van der Waals surface area contributed by atoms with E-state index < -0.39 is 0 Å². The van der Waals surface area contributed by atoms with Crippen LogP contribution >= 0.6 is 15.9 Å². The van der Waals surface area contributed by atoms with Gasteiger partial charge in [-0.2, -0.15) is 0 Å². The van der Waals surface area contributed by atoms with Crippen LogP contribution in [0.5, 0.6) is 11.5 Å². The third-order valence-corrected chi connectivity index (χ3v) is 3.29. The molecule has 2 heterocycles. The van der Waals surface area contributed by atoms with Crippen LogP contribution in [0, 0.1) is 0 Å². The average molecular weight is 241 g/mol. The predicted molar refractivity (Wildman–Crippen MR) is 52.5 cm³/mol. The lowest BCUT2D eigenvalue weighted by Crippen LogP contribution is -1.89. The average Bonchev–Trinajstić information content (AvgIpc) is 2.71. The van der Waals surface area contributed by atoms with Crippen LogP contribution in [0.15, 0.2) is 10.5 Å². The summed E-state index contributed by atoms with van der Waals surface area (Å²) in [7, 11) is 0. The molecule has 0 amide bonds. The van der Waals surface area contributed by atoms with Crippen molar-refractivity contribution in [1.82, 2.24) is 0 Å². The van der Waals surface area contributed by atoms with Gasteiger partial charge in [0.25, 0.3) is 0 Å². The van der Waals surface area contributed by atoms with Gasteiger partial charge >= 0.3 is 0 Å². The number of halogens is 1. The van der Waals surface area contributed by atoms with Crippen molar-refractivity contribution in [2.24, 2.45) is 0 Å². The highest BCUT2D eigenvalue weighted by Crippen LogP contribution is 2.44. The second kappa shape index (κ2) is 2.64. The van der Waals surface area contributed by atoms with Crippen molar-refractivity contribution < 1.29 is 9.47 Å². The maximum absolute atomic E-state index is 5.53. The van der Waals surface area contributed by atoms with Crippen molar-refractivity contribution in [3.63, 3.8) is 0 Å². The summed E-state index contributed by atoms with van der Waals surface area (Å²) in [6.45, 7) is 1.60. The normalized spacial score (nSPS) is 17.6. The van der Waals surface area contributed by atoms with Crippen molar-refractivity contribution in [2.45, 2.75) is 12.8 Å². The number of ether oxygens (including phenoxy) is 2. The molecule has 0 aliphatic carbocycles. The van der Waals surface area contributed by atoms with Gasteiger partial charge in [-0.15, -0.1) is 0 Å². The van der Waals surface area contributed by atoms with Crippen LogP contribution in [0.3, 0.4) is 0 Å². The highest BCUT2D eigenvalue weighted by atomic mass is 79.9. The quantitative estimate of drug-likeness (QED) is 0.693. The first-order chi connectivity index (χ1) is 6.36. The van der Waals surface area contributed by atoms with Crippen LogP contribution in [0.4, 0.5) is 0 Å². The molecule has 13 heavy (non-hydrogen) atoms. The highest BCUT2D eigenvalue weighted by molar-refractivity contribution is 9.10. The van der Waals surface area contributed by atoms with Gasteiger partial charge in [-0.25, -0.2) is 0 Å². The first kappa shape index (κ1) is 7.68. The van der Waals surface area contributed by atoms with Crippen molar-refractivity contribution in [1.29, 1.82) is 0 Å². The van der Waals surface area contributed by atoms with Crippen molar-refractivity contribution in [2.75, 3.05) is 13.2 Å². The zero-order valence-electron chi connectivity index (χ0n) is 7.10. The van der Waals surface area contributed by atoms with Crippen LogP contribution in [0.25, 0.3) is 0 Å². The molecular formula is C10H9BrO2. The molecule has 0 unspecified atom stereocenters. The fourth-order valence-electron chi connectivity index (χ4n) is 1.94. The molecule has 0 atom stereocenters. The van der Waals surface area contributed by atoms with Gasteiger partial charge in [-0.3, -0.25) is 0 Å². The summed E-state index contributed by atoms with van der Waals surface area (Å²) in [5.74, 6) is 1.97. The summed E-state index contributed by atoms with van der Waals surface area (Å²) >= 11 is 3.53. The van der Waals surface area contributed by atoms with E-state index in [-0.39, 0.29) is 0 Å². The van der Waals surface area contributed by atoms with Gasteiger partial charge in [-0.1, -0.05) is 0 Å². The van der Waals surface area contributed by atoms with Gasteiger partial charge < -0.3 is 9.47 Å². The molecule has 2 nitrogen and oxygen atoms in total. The Morgan fingerprint density at radius 1 is 1.00 bits per heavy atom. The topological polar surface area (TPSA) is 18.5 Å². The fourth-order valence-corrected chi connectivity index (χ4v) is 2.67. The van der Waals surface area contributed by atoms with Crippen LogP contribution in [0.2, 0.25) is 0 Å². The smallest absolute Gasteiger partial charge is 0.140 e. The molecular weight excluding hydrogens is 232 g/mol. The zero-order chi connectivity index (χ0) is 8.84. The number of hydrogen-bond donors (Lipinski definition) is 0. The summed E-state index contributed by atoms with van der Waals surface area (Å²) in [5, 5.41) is 0. The van der Waals surface area contributed by atoms with Crippen molar-refractivity contribution in [3.8, 4) is 11.5 Å². The SMILES string of the molecule is Brc1c2c(cc3c1OCC3)CCO2. The molecule has 1 aromatic rings. The van der Waals surface area contributed by atoms with E-state index in [4.69, 9.17) is 9.47 Å². The molecule has 68 valence electrons. The molecule has 0 radical (unpaired) electrons. The van der Waals surface area contributed by atoms with E-state index in [0.29, 0.717) is 0 Å². The molecule has 3 rings (SSSR count). The van der Waals surface area contributed by atoms with E-state index in [0.717, 1.165) is 42.0 Å². The Bertz CT molecular complexity index is 341. The van der Waals surface area contributed by atoms with E-state index in [2.05, 4.69) is 22.0 Å². The minimum absolute atomic E-state index is 0.802. The van der Waals surface area contributed by atoms with Crippen molar-refractivity contribution >= 4 is 15.9 Å². The molecule has 0 fully saturated rings. The third kappa shape index (κ3) is 0.998. The Morgan fingerprint density at radius 3 is 2.08 bits per heavy atom. The fraction of sp³-hybridized carbons (Fsp3) is 0.400. The summed E-state index contributed by atoms with van der Waals surface area (Å²) < 4.78 is 12.1. The molecule has 0 spiro atoms. The molecule has 1 aromatic carbocycles. The molecule has 2 aliphatic rings. The van der Waals surface area contributed by atoms with E-state index in [1.807, 2.05) is 0 Å². The maximum atomic E-state index is 5.53. The predicted octanol–water partition coefficient (Wildman–Crippen LogP) is 2.32. The summed E-state index contributed by atoms with van der Waals surface area (Å²) in [4.78, 5) is 0. The van der Waals surface area contributed by atoms with E-state index in [1.165, 1.54) is 11.1 Å². The Labute approximate surface area is 85.0 Å². The highest BCUT2D eigenvalue weighted by Gasteiger charge is 2.24. The largest absolute Gasteiger partial charge is 0.492 e. The third-order valence-electron chi connectivity index (χ3n) is 2.57. The molecule has 0 aromatic heterocycles. The van der Waals surface area contributed by atoms with Crippen molar-refractivity contribution in [3.05, 3.63) is 21.7 Å². The summed E-state index contributed by atoms with van der Waals surface area (Å²) in [6.07, 6.45) is 2.06. The number of benzene rings is 1. The molecule has 0 saturated heterocycles. The summed E-state index contributed by atoms with van der Waals surface area (Å²) in [6, 6.07) is 2.22. The monoisotopic (exact) mass is 240 g/mol. The van der Waals surface area contributed by atoms with Gasteiger partial charge in [0.15, 0.2) is 0 Å². The summed E-state index contributed by atoms with van der Waals surface area (Å²) in [5.41, 5.74) is 2.63. The lowest BCUT2D eigenvalue weighted by Gasteiger charge is -2.07. The Morgan fingerprint density at radius 2 is 1.54 bits per heavy atom. The number of fused-ring (bicyclic) bond motifs is 2. The van der Waals surface area contributed by atoms with Gasteiger partial charge in [0.1, 0.15) is 16.0 Å². The minimum atomic E-state index is 0.802. The van der Waals surface area contributed by atoms with Crippen LogP contribution in [0.1, 0.15) is 11.1 Å². The molecule has 0 saturated carbocycles. The van der Waals surface area contributed by atoms with E-state index in [9.17, 15) is 0 Å². The Hall–Kier alpha value is -0.700. The number of hydrogen-bond acceptors (Lipinski definition) is 2. The second-order valence-corrected chi connectivity index (χ2v) is 4.16. The molecule has 0 bridgehead atoms. The van der Waals surface area contributed by atoms with Crippen LogP contribution < -0.4 is 9.47 Å². The first-order valence-electron chi connectivity index (χ1n) is 4.46. The van der Waals surface area contributed by atoms with E-state index >= 15 is 0 Å². The lowest BCUT2D eigenvalue weighted by molar-refractivity contribution is 0.339. The van der Waals surface area contributed by atoms with Gasteiger partial charge in [0.2, 0.25) is 0 Å². The number of rotatable bonds is 0. The van der Waals surface area contributed by atoms with Gasteiger partial charge in [0.05, 0.1) is 13.2 Å². The first-order valence-corrected chi connectivity index (χ1v) is 5.25. The van der Waals surface area contributed by atoms with Gasteiger partial charge in [-0.05, 0) is 33.1 Å². The maximum Gasteiger partial charge on any atom is 0.140 e. The Kier molecular flexibility index (Phi) is 1.56. The Balaban J connectivity index is 2.26. The molecule has 3 heteroatoms. The van der Waals surface area contributed by atoms with Gasteiger partial charge in [0, 0.05) is 12.8 Å². The van der Waals surface area contributed by atoms with Crippen LogP contribution in [-0.4, -0.2) is 13.2 Å². The minimum Gasteiger partial charge on any atom is -0.492 e. The second-order valence-electron chi connectivity index (χ2n) is 3.36. The zero-order valence-corrected chi connectivity index (χ0v) is 8.69. The standard InChI is InChI=1S/C10H9BrO2/c11-8-9-6(1-3-12-9)5-7-2-4-13-10(7)8/h5H,1-4H2. The lowest BCUT2D eigenvalue weighted by atomic mass is 10.1. The molecule has 0 N–H and O–H groups in total. The van der Waals surface area contributed by atoms with Crippen LogP contribution in [-0.2, 0) is 12.8 Å².